The van der Waals surface area contributed by atoms with Gasteiger partial charge in [-0.25, -0.2) is 0 Å². The molecule has 0 radical (unpaired) electrons. The van der Waals surface area contributed by atoms with Crippen molar-refractivity contribution in [2.75, 3.05) is 32.2 Å². The Kier molecular flexibility index (Phi) is 7.92. The summed E-state index contributed by atoms with van der Waals surface area (Å²) in [6.45, 7) is 3.02. The summed E-state index contributed by atoms with van der Waals surface area (Å²) in [6.07, 6.45) is 2.20. The van der Waals surface area contributed by atoms with Crippen LogP contribution in [0, 0.1) is 11.3 Å². The second-order valence-corrected chi connectivity index (χ2v) is 5.97. The fourth-order valence-electron chi connectivity index (χ4n) is 2.71. The Hall–Kier alpha value is -3.46. The van der Waals surface area contributed by atoms with Crippen LogP contribution in [0.25, 0.3) is 0 Å². The summed E-state index contributed by atoms with van der Waals surface area (Å²) >= 11 is 0. The van der Waals surface area contributed by atoms with E-state index < -0.39 is 5.91 Å². The third-order valence-electron chi connectivity index (χ3n) is 4.23. The standard InChI is InChI=1S/C22H25N3O3/c1-4-25(19-8-6-5-7-9-19)16-18(15-23)22(26)24-13-12-17-10-11-20(27-2)21(14-17)28-3/h5-11,14,16H,4,12-13H2,1-3H3,(H,24,26)/b18-16-. The number of methoxy groups -OCH3 is 2. The van der Waals surface area contributed by atoms with E-state index in [1.54, 1.807) is 20.4 Å². The van der Waals surface area contributed by atoms with Gasteiger partial charge in [0.2, 0.25) is 0 Å². The van der Waals surface area contributed by atoms with E-state index >= 15 is 0 Å². The number of nitrogens with zero attached hydrogens (tertiary/aromatic N) is 2. The van der Waals surface area contributed by atoms with Gasteiger partial charge < -0.3 is 19.7 Å². The smallest absolute Gasteiger partial charge is 0.263 e. The summed E-state index contributed by atoms with van der Waals surface area (Å²) in [5.41, 5.74) is 1.99. The van der Waals surface area contributed by atoms with E-state index in [1.807, 2.05) is 66.4 Å². The number of ether oxygens (including phenoxy) is 2. The number of hydrogen-bond donors (Lipinski definition) is 1. The molecule has 28 heavy (non-hydrogen) atoms. The van der Waals surface area contributed by atoms with Gasteiger partial charge in [-0.15, -0.1) is 0 Å². The lowest BCUT2D eigenvalue weighted by molar-refractivity contribution is -0.117. The lowest BCUT2D eigenvalue weighted by Gasteiger charge is -2.18. The first-order valence-corrected chi connectivity index (χ1v) is 9.05. The Labute approximate surface area is 166 Å². The minimum atomic E-state index is -0.391. The molecule has 0 atom stereocenters. The first kappa shape index (κ1) is 20.8. The summed E-state index contributed by atoms with van der Waals surface area (Å²) in [7, 11) is 3.17. The molecule has 0 unspecified atom stereocenters. The molecule has 0 aromatic heterocycles. The molecule has 6 heteroatoms. The second kappa shape index (κ2) is 10.6. The molecule has 2 aromatic carbocycles. The topological polar surface area (TPSA) is 74.6 Å². The molecule has 0 aliphatic rings. The van der Waals surface area contributed by atoms with Crippen molar-refractivity contribution >= 4 is 11.6 Å². The fraction of sp³-hybridized carbons (Fsp3) is 0.273. The van der Waals surface area contributed by atoms with Gasteiger partial charge in [0.1, 0.15) is 11.6 Å². The Morgan fingerprint density at radius 3 is 2.46 bits per heavy atom. The molecule has 2 aromatic rings. The van der Waals surface area contributed by atoms with Crippen LogP contribution in [0.2, 0.25) is 0 Å². The molecule has 1 N–H and O–H groups in total. The number of rotatable bonds is 9. The highest BCUT2D eigenvalue weighted by molar-refractivity contribution is 5.97. The third kappa shape index (κ3) is 5.52. The average molecular weight is 379 g/mol. The predicted octanol–water partition coefficient (Wildman–Crippen LogP) is 3.30. The maximum absolute atomic E-state index is 12.4. The van der Waals surface area contributed by atoms with Crippen molar-refractivity contribution in [3.05, 3.63) is 65.9 Å². The predicted molar refractivity (Wildman–Crippen MR) is 109 cm³/mol. The molecule has 6 nitrogen and oxygen atoms in total. The van der Waals surface area contributed by atoms with Crippen LogP contribution in [0.1, 0.15) is 12.5 Å². The Bertz CT molecular complexity index is 857. The van der Waals surface area contributed by atoms with Crippen LogP contribution in [-0.2, 0) is 11.2 Å². The van der Waals surface area contributed by atoms with Crippen molar-refractivity contribution in [2.24, 2.45) is 0 Å². The van der Waals surface area contributed by atoms with E-state index in [9.17, 15) is 10.1 Å². The fourth-order valence-corrected chi connectivity index (χ4v) is 2.71. The minimum absolute atomic E-state index is 0.0676. The molecule has 0 spiro atoms. The molecule has 2 rings (SSSR count). The molecule has 0 aliphatic heterocycles. The lowest BCUT2D eigenvalue weighted by atomic mass is 10.1. The van der Waals surface area contributed by atoms with Crippen molar-refractivity contribution in [3.63, 3.8) is 0 Å². The zero-order chi connectivity index (χ0) is 20.4. The molecular formula is C22H25N3O3. The van der Waals surface area contributed by atoms with Gasteiger partial charge in [0.15, 0.2) is 11.5 Å². The van der Waals surface area contributed by atoms with Gasteiger partial charge in [-0.3, -0.25) is 4.79 Å². The van der Waals surface area contributed by atoms with Crippen molar-refractivity contribution in [2.45, 2.75) is 13.3 Å². The Balaban J connectivity index is 2.00. The molecular weight excluding hydrogens is 354 g/mol. The van der Waals surface area contributed by atoms with E-state index in [0.29, 0.717) is 31.0 Å². The number of amides is 1. The quantitative estimate of drug-likeness (QED) is 0.534. The summed E-state index contributed by atoms with van der Waals surface area (Å²) in [5, 5.41) is 12.2. The van der Waals surface area contributed by atoms with Crippen LogP contribution in [0.5, 0.6) is 11.5 Å². The SMILES string of the molecule is CCN(/C=C(/C#N)C(=O)NCCc1ccc(OC)c(OC)c1)c1ccccc1. The van der Waals surface area contributed by atoms with E-state index in [-0.39, 0.29) is 5.57 Å². The van der Waals surface area contributed by atoms with Gasteiger partial charge in [-0.2, -0.15) is 5.26 Å². The van der Waals surface area contributed by atoms with Crippen molar-refractivity contribution in [3.8, 4) is 17.6 Å². The van der Waals surface area contributed by atoms with Gasteiger partial charge in [0.05, 0.1) is 14.2 Å². The molecule has 146 valence electrons. The average Bonchev–Trinajstić information content (AvgIpc) is 2.75. The van der Waals surface area contributed by atoms with Crippen LogP contribution in [-0.4, -0.2) is 33.2 Å². The monoisotopic (exact) mass is 379 g/mol. The highest BCUT2D eigenvalue weighted by atomic mass is 16.5. The molecule has 0 saturated heterocycles. The van der Waals surface area contributed by atoms with E-state index in [2.05, 4.69) is 5.32 Å². The highest BCUT2D eigenvalue weighted by Gasteiger charge is 2.12. The number of nitrogens with one attached hydrogen (secondary N) is 1. The zero-order valence-electron chi connectivity index (χ0n) is 16.4. The van der Waals surface area contributed by atoms with Crippen LogP contribution >= 0.6 is 0 Å². The number of carbonyl (C=O) groups excluding carboxylic acids is 1. The first-order chi connectivity index (χ1) is 13.6. The molecule has 0 aliphatic carbocycles. The molecule has 1 amide bonds. The number of benzene rings is 2. The summed E-state index contributed by atoms with van der Waals surface area (Å²) < 4.78 is 10.5. The van der Waals surface area contributed by atoms with E-state index in [1.165, 1.54) is 0 Å². The first-order valence-electron chi connectivity index (χ1n) is 9.05. The Morgan fingerprint density at radius 1 is 1.14 bits per heavy atom. The summed E-state index contributed by atoms with van der Waals surface area (Å²) in [4.78, 5) is 14.3. The minimum Gasteiger partial charge on any atom is -0.493 e. The summed E-state index contributed by atoms with van der Waals surface area (Å²) in [6, 6.07) is 17.2. The van der Waals surface area contributed by atoms with Crippen molar-refractivity contribution < 1.29 is 14.3 Å². The van der Waals surface area contributed by atoms with Gasteiger partial charge >= 0.3 is 0 Å². The van der Waals surface area contributed by atoms with Crippen molar-refractivity contribution in [1.29, 1.82) is 5.26 Å². The molecule has 0 heterocycles. The highest BCUT2D eigenvalue weighted by Crippen LogP contribution is 2.27. The van der Waals surface area contributed by atoms with E-state index in [0.717, 1.165) is 11.3 Å². The second-order valence-electron chi connectivity index (χ2n) is 5.97. The number of anilines is 1. The van der Waals surface area contributed by atoms with Crippen LogP contribution in [0.3, 0.4) is 0 Å². The number of carbonyl (C=O) groups is 1. The molecule has 0 saturated carbocycles. The van der Waals surface area contributed by atoms with Crippen LogP contribution in [0.4, 0.5) is 5.69 Å². The number of para-hydroxylation sites is 1. The van der Waals surface area contributed by atoms with E-state index in [4.69, 9.17) is 9.47 Å². The van der Waals surface area contributed by atoms with Crippen LogP contribution in [0.15, 0.2) is 60.3 Å². The van der Waals surface area contributed by atoms with Gasteiger partial charge in [0.25, 0.3) is 5.91 Å². The normalized spacial score (nSPS) is 10.7. The lowest BCUT2D eigenvalue weighted by Crippen LogP contribution is -2.28. The summed E-state index contributed by atoms with van der Waals surface area (Å²) in [5.74, 6) is 0.910. The zero-order valence-corrected chi connectivity index (χ0v) is 16.4. The molecule has 0 bridgehead atoms. The van der Waals surface area contributed by atoms with Gasteiger partial charge in [0, 0.05) is 25.0 Å². The maximum Gasteiger partial charge on any atom is 0.263 e. The largest absolute Gasteiger partial charge is 0.493 e. The number of hydrogen-bond acceptors (Lipinski definition) is 5. The third-order valence-corrected chi connectivity index (χ3v) is 4.23. The maximum atomic E-state index is 12.4. The van der Waals surface area contributed by atoms with Gasteiger partial charge in [-0.05, 0) is 43.2 Å². The molecule has 0 fully saturated rings. The van der Waals surface area contributed by atoms with Crippen molar-refractivity contribution in [1.82, 2.24) is 5.32 Å². The number of nitriles is 1. The Morgan fingerprint density at radius 2 is 1.86 bits per heavy atom. The van der Waals surface area contributed by atoms with Crippen LogP contribution < -0.4 is 19.7 Å². The van der Waals surface area contributed by atoms with Gasteiger partial charge in [-0.1, -0.05) is 24.3 Å².